The van der Waals surface area contributed by atoms with Crippen LogP contribution in [-0.2, 0) is 12.0 Å². The fourth-order valence-corrected chi connectivity index (χ4v) is 3.70. The molecule has 1 aromatic carbocycles. The van der Waals surface area contributed by atoms with E-state index in [2.05, 4.69) is 55.4 Å². The lowest BCUT2D eigenvalue weighted by Gasteiger charge is -2.39. The summed E-state index contributed by atoms with van der Waals surface area (Å²) in [7, 11) is 0. The minimum absolute atomic E-state index is 0.161. The van der Waals surface area contributed by atoms with Gasteiger partial charge in [-0.25, -0.2) is 0 Å². The van der Waals surface area contributed by atoms with Gasteiger partial charge in [0.05, 0.1) is 29.3 Å². The molecule has 0 bridgehead atoms. The summed E-state index contributed by atoms with van der Waals surface area (Å²) in [5.74, 6) is 1.20. The number of halogens is 1. The van der Waals surface area contributed by atoms with E-state index in [1.165, 1.54) is 5.56 Å². The van der Waals surface area contributed by atoms with E-state index in [4.69, 9.17) is 4.52 Å². The topological polar surface area (TPSA) is 77.0 Å². The molecule has 1 saturated carbocycles. The zero-order valence-corrected chi connectivity index (χ0v) is 16.4. The molecule has 2 aromatic heterocycles. The summed E-state index contributed by atoms with van der Waals surface area (Å²) < 4.78 is 8.28. The molecule has 0 unspecified atom stereocenters. The molecular weight excluding hydrogens is 396 g/mol. The molecule has 4 rings (SSSR count). The Morgan fingerprint density at radius 3 is 2.62 bits per heavy atom. The first-order valence-electron chi connectivity index (χ1n) is 8.71. The number of benzene rings is 1. The number of aliphatic hydroxyl groups is 1. The summed E-state index contributed by atoms with van der Waals surface area (Å²) in [6, 6.07) is 8.36. The highest BCUT2D eigenvalue weighted by molar-refractivity contribution is 9.10. The molecule has 3 aromatic rings. The average molecular weight is 417 g/mol. The molecule has 1 aliphatic rings. The fraction of sp³-hybridized carbons (Fsp3) is 0.421. The van der Waals surface area contributed by atoms with Gasteiger partial charge in [0.2, 0.25) is 0 Å². The number of nitrogens with zero attached hydrogens (tertiary/aromatic N) is 4. The first-order valence-corrected chi connectivity index (χ1v) is 9.51. The summed E-state index contributed by atoms with van der Waals surface area (Å²) in [6.45, 7) is 3.90. The molecule has 1 aliphatic carbocycles. The number of hydrogen-bond acceptors (Lipinski definition) is 5. The summed E-state index contributed by atoms with van der Waals surface area (Å²) in [5, 5.41) is 18.5. The molecule has 1 N–H and O–H groups in total. The van der Waals surface area contributed by atoms with Crippen molar-refractivity contribution in [2.45, 2.75) is 50.7 Å². The van der Waals surface area contributed by atoms with Crippen LogP contribution in [0.4, 0.5) is 0 Å². The van der Waals surface area contributed by atoms with Gasteiger partial charge < -0.3 is 9.63 Å². The van der Waals surface area contributed by atoms with Crippen molar-refractivity contribution in [2.24, 2.45) is 0 Å². The van der Waals surface area contributed by atoms with Gasteiger partial charge in [-0.15, -0.1) is 0 Å². The van der Waals surface area contributed by atoms with Crippen molar-refractivity contribution in [1.29, 1.82) is 0 Å². The molecule has 7 heteroatoms. The number of hydrogen-bond donors (Lipinski definition) is 1. The smallest absolute Gasteiger partial charge is 0.261 e. The Morgan fingerprint density at radius 2 is 2.00 bits per heavy atom. The van der Waals surface area contributed by atoms with E-state index in [1.54, 1.807) is 24.7 Å². The van der Waals surface area contributed by atoms with Crippen molar-refractivity contribution in [3.05, 3.63) is 52.5 Å². The van der Waals surface area contributed by atoms with E-state index in [-0.39, 0.29) is 5.41 Å². The van der Waals surface area contributed by atoms with Gasteiger partial charge in [-0.3, -0.25) is 4.68 Å². The van der Waals surface area contributed by atoms with Gasteiger partial charge in [-0.05, 0) is 44.4 Å². The summed E-state index contributed by atoms with van der Waals surface area (Å²) in [5.41, 5.74) is 0.988. The third kappa shape index (κ3) is 3.21. The Kier molecular flexibility index (Phi) is 4.23. The first kappa shape index (κ1) is 17.4. The lowest BCUT2D eigenvalue weighted by Crippen LogP contribution is -2.36. The summed E-state index contributed by atoms with van der Waals surface area (Å²) in [6.07, 6.45) is 6.71. The second-order valence-electron chi connectivity index (χ2n) is 7.60. The molecule has 0 saturated heterocycles. The number of rotatable bonds is 5. The zero-order chi connectivity index (χ0) is 18.4. The Labute approximate surface area is 160 Å². The Hall–Kier alpha value is -1.99. The van der Waals surface area contributed by atoms with Crippen LogP contribution in [0, 0.1) is 0 Å². The predicted octanol–water partition coefficient (Wildman–Crippen LogP) is 3.94. The molecule has 0 amide bonds. The Balaban J connectivity index is 1.62. The minimum atomic E-state index is -0.832. The lowest BCUT2D eigenvalue weighted by atomic mass is 9.64. The molecule has 26 heavy (non-hydrogen) atoms. The molecule has 0 aliphatic heterocycles. The van der Waals surface area contributed by atoms with E-state index in [1.807, 2.05) is 6.20 Å². The molecule has 0 atom stereocenters. The highest BCUT2D eigenvalue weighted by Crippen LogP contribution is 2.48. The predicted molar refractivity (Wildman–Crippen MR) is 101 cm³/mol. The highest BCUT2D eigenvalue weighted by Gasteiger charge is 2.44. The van der Waals surface area contributed by atoms with E-state index in [9.17, 15) is 5.11 Å². The van der Waals surface area contributed by atoms with Crippen molar-refractivity contribution >= 4 is 15.9 Å². The van der Waals surface area contributed by atoms with Crippen molar-refractivity contribution in [3.8, 4) is 11.5 Å². The van der Waals surface area contributed by atoms with Crippen molar-refractivity contribution in [2.75, 3.05) is 0 Å². The van der Waals surface area contributed by atoms with Gasteiger partial charge in [0, 0.05) is 10.7 Å². The highest BCUT2D eigenvalue weighted by atomic mass is 79.9. The van der Waals surface area contributed by atoms with E-state index in [0.29, 0.717) is 12.4 Å². The van der Waals surface area contributed by atoms with Crippen LogP contribution in [0.1, 0.15) is 44.5 Å². The third-order valence-corrected chi connectivity index (χ3v) is 5.42. The van der Waals surface area contributed by atoms with Gasteiger partial charge >= 0.3 is 0 Å². The monoisotopic (exact) mass is 416 g/mol. The lowest BCUT2D eigenvalue weighted by molar-refractivity contribution is 0.0577. The van der Waals surface area contributed by atoms with Crippen LogP contribution in [-0.4, -0.2) is 30.6 Å². The van der Waals surface area contributed by atoms with Crippen LogP contribution in [0.2, 0.25) is 0 Å². The minimum Gasteiger partial charge on any atom is -0.389 e. The molecule has 1 fully saturated rings. The van der Waals surface area contributed by atoms with Gasteiger partial charge in [0.25, 0.3) is 5.89 Å². The fourth-order valence-electron chi connectivity index (χ4n) is 3.43. The SMILES string of the molecule is CC(C)(O)Cn1cc(-c2nc(C3(c4ccc(Br)cc4)CCC3)no2)cn1. The maximum absolute atomic E-state index is 9.93. The Morgan fingerprint density at radius 1 is 1.27 bits per heavy atom. The quantitative estimate of drug-likeness (QED) is 0.681. The maximum Gasteiger partial charge on any atom is 0.261 e. The largest absolute Gasteiger partial charge is 0.389 e. The second-order valence-corrected chi connectivity index (χ2v) is 8.52. The molecule has 136 valence electrons. The average Bonchev–Trinajstić information content (AvgIpc) is 3.16. The van der Waals surface area contributed by atoms with Crippen LogP contribution in [0.5, 0.6) is 0 Å². The van der Waals surface area contributed by atoms with Crippen molar-refractivity contribution in [3.63, 3.8) is 0 Å². The standard InChI is InChI=1S/C19H21BrN4O2/c1-18(2,25)12-24-11-13(10-21-24)16-22-17(23-26-16)19(8-3-9-19)14-4-6-15(20)7-5-14/h4-7,10-11,25H,3,8-9,12H2,1-2H3. The molecular formula is C19H21BrN4O2. The van der Waals surface area contributed by atoms with Gasteiger partial charge in [-0.2, -0.15) is 10.1 Å². The van der Waals surface area contributed by atoms with Gasteiger partial charge in [0.15, 0.2) is 5.82 Å². The van der Waals surface area contributed by atoms with E-state index < -0.39 is 5.60 Å². The van der Waals surface area contributed by atoms with Gasteiger partial charge in [-0.1, -0.05) is 39.6 Å². The number of aromatic nitrogens is 4. The van der Waals surface area contributed by atoms with Crippen LogP contribution >= 0.6 is 15.9 Å². The summed E-state index contributed by atoms with van der Waals surface area (Å²) >= 11 is 3.49. The van der Waals surface area contributed by atoms with Crippen LogP contribution in [0.25, 0.3) is 11.5 Å². The van der Waals surface area contributed by atoms with Crippen molar-refractivity contribution in [1.82, 2.24) is 19.9 Å². The van der Waals surface area contributed by atoms with Crippen LogP contribution < -0.4 is 0 Å². The maximum atomic E-state index is 9.93. The van der Waals surface area contributed by atoms with Crippen LogP contribution in [0.3, 0.4) is 0 Å². The zero-order valence-electron chi connectivity index (χ0n) is 14.8. The van der Waals surface area contributed by atoms with Crippen molar-refractivity contribution < 1.29 is 9.63 Å². The molecule has 6 nitrogen and oxygen atoms in total. The second kappa shape index (κ2) is 6.32. The van der Waals surface area contributed by atoms with E-state index in [0.717, 1.165) is 35.1 Å². The molecule has 0 radical (unpaired) electrons. The molecule has 0 spiro atoms. The van der Waals surface area contributed by atoms with Gasteiger partial charge in [0.1, 0.15) is 0 Å². The third-order valence-electron chi connectivity index (χ3n) is 4.89. The van der Waals surface area contributed by atoms with E-state index >= 15 is 0 Å². The molecule has 2 heterocycles. The first-order chi connectivity index (χ1) is 12.4. The normalized spacial score (nSPS) is 16.5. The summed E-state index contributed by atoms with van der Waals surface area (Å²) in [4.78, 5) is 4.68. The van der Waals surface area contributed by atoms with Crippen LogP contribution in [0.15, 0.2) is 45.7 Å². The Bertz CT molecular complexity index is 904.